The minimum absolute atomic E-state index is 0.449. The van der Waals surface area contributed by atoms with Crippen molar-refractivity contribution in [3.63, 3.8) is 0 Å². The van der Waals surface area contributed by atoms with Crippen molar-refractivity contribution in [3.8, 4) is 6.07 Å². The van der Waals surface area contributed by atoms with Crippen molar-refractivity contribution in [2.75, 3.05) is 0 Å². The van der Waals surface area contributed by atoms with Gasteiger partial charge in [-0.05, 0) is 12.5 Å². The summed E-state index contributed by atoms with van der Waals surface area (Å²) in [6.45, 7) is 2.03. The lowest BCUT2D eigenvalue weighted by atomic mass is 10.3. The van der Waals surface area contributed by atoms with E-state index in [1.165, 1.54) is 0 Å². The zero-order valence-corrected chi connectivity index (χ0v) is 7.23. The van der Waals surface area contributed by atoms with Gasteiger partial charge in [0.15, 0.2) is 5.65 Å². The summed E-state index contributed by atoms with van der Waals surface area (Å²) in [5, 5.41) is 12.8. The minimum Gasteiger partial charge on any atom is -0.219 e. The summed E-state index contributed by atoms with van der Waals surface area (Å²) in [5.41, 5.74) is 2.19. The molecule has 2 aromatic rings. The number of fused-ring (bicyclic) bond motifs is 1. The molecule has 0 amide bonds. The molecule has 0 saturated heterocycles. The number of aromatic nitrogens is 3. The molecule has 0 aliphatic carbocycles. The van der Waals surface area contributed by atoms with E-state index in [-0.39, 0.29) is 0 Å². The largest absolute Gasteiger partial charge is 0.219 e. The van der Waals surface area contributed by atoms with Crippen molar-refractivity contribution >= 4 is 5.65 Å². The monoisotopic (exact) mass is 172 g/mol. The lowest BCUT2D eigenvalue weighted by Gasteiger charge is -2.00. The van der Waals surface area contributed by atoms with Gasteiger partial charge in [-0.2, -0.15) is 10.4 Å². The van der Waals surface area contributed by atoms with E-state index in [1.54, 1.807) is 22.8 Å². The SMILES string of the molecule is CCc1cc(C#N)nc2ccnn12. The maximum atomic E-state index is 8.71. The Balaban J connectivity index is 2.79. The fourth-order valence-corrected chi connectivity index (χ4v) is 1.29. The Labute approximate surface area is 75.4 Å². The number of hydrogen-bond acceptors (Lipinski definition) is 3. The summed E-state index contributed by atoms with van der Waals surface area (Å²) in [6, 6.07) is 5.59. The number of nitrogens with zero attached hydrogens (tertiary/aromatic N) is 4. The molecule has 64 valence electrons. The van der Waals surface area contributed by atoms with Gasteiger partial charge < -0.3 is 0 Å². The molecule has 2 heterocycles. The van der Waals surface area contributed by atoms with Crippen molar-refractivity contribution < 1.29 is 0 Å². The van der Waals surface area contributed by atoms with E-state index in [4.69, 9.17) is 5.26 Å². The van der Waals surface area contributed by atoms with Crippen LogP contribution in [0.5, 0.6) is 0 Å². The van der Waals surface area contributed by atoms with Gasteiger partial charge in [-0.15, -0.1) is 0 Å². The summed E-state index contributed by atoms with van der Waals surface area (Å²) in [4.78, 5) is 4.10. The normalized spacial score (nSPS) is 10.2. The van der Waals surface area contributed by atoms with Gasteiger partial charge in [0.25, 0.3) is 0 Å². The Bertz CT molecular complexity index is 478. The van der Waals surface area contributed by atoms with Gasteiger partial charge in [-0.1, -0.05) is 6.92 Å². The number of hydrogen-bond donors (Lipinski definition) is 0. The van der Waals surface area contributed by atoms with Crippen LogP contribution in [0.4, 0.5) is 0 Å². The van der Waals surface area contributed by atoms with Crippen molar-refractivity contribution in [3.05, 3.63) is 29.7 Å². The highest BCUT2D eigenvalue weighted by Crippen LogP contribution is 2.06. The molecule has 2 aromatic heterocycles. The van der Waals surface area contributed by atoms with Crippen LogP contribution in [0, 0.1) is 11.3 Å². The van der Waals surface area contributed by atoms with Gasteiger partial charge in [0.1, 0.15) is 11.8 Å². The molecule has 0 fully saturated rings. The van der Waals surface area contributed by atoms with Crippen molar-refractivity contribution in [1.82, 2.24) is 14.6 Å². The van der Waals surface area contributed by atoms with Gasteiger partial charge in [-0.25, -0.2) is 9.50 Å². The van der Waals surface area contributed by atoms with Crippen LogP contribution in [-0.4, -0.2) is 14.6 Å². The number of aryl methyl sites for hydroxylation is 1. The molecule has 0 aliphatic rings. The molecule has 4 heteroatoms. The van der Waals surface area contributed by atoms with Crippen LogP contribution in [-0.2, 0) is 6.42 Å². The molecule has 13 heavy (non-hydrogen) atoms. The van der Waals surface area contributed by atoms with Gasteiger partial charge >= 0.3 is 0 Å². The van der Waals surface area contributed by atoms with Crippen molar-refractivity contribution in [1.29, 1.82) is 5.26 Å². The Kier molecular flexibility index (Phi) is 1.71. The highest BCUT2D eigenvalue weighted by Gasteiger charge is 2.03. The van der Waals surface area contributed by atoms with Crippen LogP contribution in [0.15, 0.2) is 18.3 Å². The van der Waals surface area contributed by atoms with E-state index in [9.17, 15) is 0 Å². The summed E-state index contributed by atoms with van der Waals surface area (Å²) >= 11 is 0. The van der Waals surface area contributed by atoms with Gasteiger partial charge in [-0.3, -0.25) is 0 Å². The van der Waals surface area contributed by atoms with Crippen molar-refractivity contribution in [2.45, 2.75) is 13.3 Å². The quantitative estimate of drug-likeness (QED) is 0.648. The second kappa shape index (κ2) is 2.87. The molecule has 2 rings (SSSR count). The molecule has 0 bridgehead atoms. The Morgan fingerprint density at radius 3 is 3.15 bits per heavy atom. The molecule has 0 spiro atoms. The molecule has 0 radical (unpaired) electrons. The molecular weight excluding hydrogens is 164 g/mol. The van der Waals surface area contributed by atoms with Crippen LogP contribution in [0.3, 0.4) is 0 Å². The first-order valence-electron chi connectivity index (χ1n) is 4.09. The Hall–Kier alpha value is -1.89. The summed E-state index contributed by atoms with van der Waals surface area (Å²) in [7, 11) is 0. The standard InChI is InChI=1S/C9H8N4/c1-2-8-5-7(6-10)12-9-3-4-11-13(8)9/h3-5H,2H2,1H3. The van der Waals surface area contributed by atoms with Crippen molar-refractivity contribution in [2.24, 2.45) is 0 Å². The second-order valence-corrected chi connectivity index (χ2v) is 2.70. The molecular formula is C9H8N4. The van der Waals surface area contributed by atoms with Gasteiger partial charge in [0.2, 0.25) is 0 Å². The lowest BCUT2D eigenvalue weighted by Crippen LogP contribution is -2.00. The Morgan fingerprint density at radius 2 is 2.46 bits per heavy atom. The van der Waals surface area contributed by atoms with E-state index in [0.29, 0.717) is 5.69 Å². The third-order valence-corrected chi connectivity index (χ3v) is 1.91. The number of rotatable bonds is 1. The molecule has 0 saturated carbocycles. The predicted molar refractivity (Wildman–Crippen MR) is 47.1 cm³/mol. The second-order valence-electron chi connectivity index (χ2n) is 2.70. The predicted octanol–water partition coefficient (Wildman–Crippen LogP) is 1.16. The minimum atomic E-state index is 0.449. The number of nitriles is 1. The molecule has 0 atom stereocenters. The zero-order valence-electron chi connectivity index (χ0n) is 7.23. The van der Waals surface area contributed by atoms with E-state index >= 15 is 0 Å². The maximum absolute atomic E-state index is 8.71. The third-order valence-electron chi connectivity index (χ3n) is 1.91. The Morgan fingerprint density at radius 1 is 1.62 bits per heavy atom. The fraction of sp³-hybridized carbons (Fsp3) is 0.222. The van der Waals surface area contributed by atoms with Crippen LogP contribution >= 0.6 is 0 Å². The van der Waals surface area contributed by atoms with Crippen LogP contribution in [0.1, 0.15) is 18.3 Å². The van der Waals surface area contributed by atoms with E-state index in [2.05, 4.69) is 10.1 Å². The summed E-state index contributed by atoms with van der Waals surface area (Å²) < 4.78 is 1.75. The maximum Gasteiger partial charge on any atom is 0.156 e. The van der Waals surface area contributed by atoms with Crippen LogP contribution in [0.2, 0.25) is 0 Å². The molecule has 0 aromatic carbocycles. The summed E-state index contributed by atoms with van der Waals surface area (Å²) in [6.07, 6.45) is 2.53. The topological polar surface area (TPSA) is 54.0 Å². The zero-order chi connectivity index (χ0) is 9.26. The van der Waals surface area contributed by atoms with Gasteiger partial charge in [0.05, 0.1) is 6.20 Å². The van der Waals surface area contributed by atoms with Crippen LogP contribution < -0.4 is 0 Å². The highest BCUT2D eigenvalue weighted by atomic mass is 15.2. The van der Waals surface area contributed by atoms with E-state index in [1.807, 2.05) is 13.0 Å². The fourth-order valence-electron chi connectivity index (χ4n) is 1.29. The average Bonchev–Trinajstić information content (AvgIpc) is 2.63. The lowest BCUT2D eigenvalue weighted by molar-refractivity contribution is 0.846. The molecule has 0 N–H and O–H groups in total. The van der Waals surface area contributed by atoms with E-state index in [0.717, 1.165) is 17.8 Å². The third kappa shape index (κ3) is 1.14. The highest BCUT2D eigenvalue weighted by molar-refractivity contribution is 5.41. The smallest absolute Gasteiger partial charge is 0.156 e. The summed E-state index contributed by atoms with van der Waals surface area (Å²) in [5.74, 6) is 0. The molecule has 4 nitrogen and oxygen atoms in total. The first-order valence-corrected chi connectivity index (χ1v) is 4.09. The first kappa shape index (κ1) is 7.74. The van der Waals surface area contributed by atoms with E-state index < -0.39 is 0 Å². The van der Waals surface area contributed by atoms with Crippen LogP contribution in [0.25, 0.3) is 5.65 Å². The molecule has 0 unspecified atom stereocenters. The molecule has 0 aliphatic heterocycles. The average molecular weight is 172 g/mol. The van der Waals surface area contributed by atoms with Gasteiger partial charge in [0, 0.05) is 11.8 Å². The first-order chi connectivity index (χ1) is 6.35.